The summed E-state index contributed by atoms with van der Waals surface area (Å²) in [7, 11) is 0. The highest BCUT2D eigenvalue weighted by atomic mass is 35.5. The van der Waals surface area contributed by atoms with Crippen LogP contribution < -0.4 is 0 Å². The summed E-state index contributed by atoms with van der Waals surface area (Å²) < 4.78 is 13.9. The maximum Gasteiger partial charge on any atom is 0.337 e. The van der Waals surface area contributed by atoms with Crippen LogP contribution in [0.15, 0.2) is 36.4 Å². The molecule has 20 heavy (non-hydrogen) atoms. The van der Waals surface area contributed by atoms with Crippen LogP contribution >= 0.6 is 22.9 Å². The first-order valence-corrected chi connectivity index (χ1v) is 6.83. The number of rotatable bonds is 2. The molecule has 6 heteroatoms. The second-order valence-electron chi connectivity index (χ2n) is 4.13. The van der Waals surface area contributed by atoms with E-state index in [0.717, 1.165) is 4.70 Å². The van der Waals surface area contributed by atoms with Crippen molar-refractivity contribution in [3.05, 3.63) is 52.8 Å². The van der Waals surface area contributed by atoms with E-state index in [1.807, 2.05) is 0 Å². The number of hydrogen-bond acceptors (Lipinski definition) is 3. The van der Waals surface area contributed by atoms with Crippen LogP contribution in [0.25, 0.3) is 20.8 Å². The summed E-state index contributed by atoms with van der Waals surface area (Å²) in [4.78, 5) is 15.3. The lowest BCUT2D eigenvalue weighted by molar-refractivity contribution is 0.0697. The molecular formula is C14H7ClFNO2S. The summed E-state index contributed by atoms with van der Waals surface area (Å²) in [6, 6.07) is 9.02. The third-order valence-corrected chi connectivity index (χ3v) is 4.18. The number of carbonyl (C=O) groups is 1. The molecule has 1 heterocycles. The second kappa shape index (κ2) is 4.85. The van der Waals surface area contributed by atoms with Gasteiger partial charge < -0.3 is 5.11 Å². The largest absolute Gasteiger partial charge is 0.478 e. The Labute approximate surface area is 122 Å². The van der Waals surface area contributed by atoms with E-state index in [9.17, 15) is 9.18 Å². The van der Waals surface area contributed by atoms with Crippen LogP contribution in [0.4, 0.5) is 4.39 Å². The Bertz CT molecular complexity index is 831. The van der Waals surface area contributed by atoms with E-state index in [1.165, 1.54) is 29.5 Å². The average molecular weight is 308 g/mol. The minimum atomic E-state index is -1.08. The number of hydrogen-bond donors (Lipinski definition) is 1. The first-order valence-electron chi connectivity index (χ1n) is 5.64. The van der Waals surface area contributed by atoms with E-state index in [0.29, 0.717) is 16.1 Å². The number of aromatic carboxylic acids is 1. The van der Waals surface area contributed by atoms with Gasteiger partial charge in [0.2, 0.25) is 0 Å². The van der Waals surface area contributed by atoms with Crippen LogP contribution in [0, 0.1) is 5.82 Å². The molecule has 1 aromatic heterocycles. The van der Waals surface area contributed by atoms with Gasteiger partial charge in [0.25, 0.3) is 0 Å². The molecular weight excluding hydrogens is 301 g/mol. The van der Waals surface area contributed by atoms with Gasteiger partial charge in [-0.05, 0) is 30.3 Å². The molecule has 0 fully saturated rings. The SMILES string of the molecule is O=C(O)c1ccc(-c2nc3ccc(F)cc3s2)cc1Cl. The van der Waals surface area contributed by atoms with Crippen molar-refractivity contribution in [2.24, 2.45) is 0 Å². The number of fused-ring (bicyclic) bond motifs is 1. The van der Waals surface area contributed by atoms with Crippen molar-refractivity contribution in [2.75, 3.05) is 0 Å². The maximum atomic E-state index is 13.1. The molecule has 0 bridgehead atoms. The third-order valence-electron chi connectivity index (χ3n) is 2.80. The molecule has 1 N–H and O–H groups in total. The Morgan fingerprint density at radius 1 is 1.25 bits per heavy atom. The predicted molar refractivity (Wildman–Crippen MR) is 77.0 cm³/mol. The fourth-order valence-corrected chi connectivity index (χ4v) is 3.09. The van der Waals surface area contributed by atoms with Crippen LogP contribution in [0.5, 0.6) is 0 Å². The van der Waals surface area contributed by atoms with Crippen molar-refractivity contribution in [1.29, 1.82) is 0 Å². The van der Waals surface area contributed by atoms with Gasteiger partial charge in [-0.15, -0.1) is 11.3 Å². The molecule has 0 atom stereocenters. The number of carboxylic acids is 1. The quantitative estimate of drug-likeness (QED) is 0.760. The van der Waals surface area contributed by atoms with Gasteiger partial charge in [-0.25, -0.2) is 14.2 Å². The standard InChI is InChI=1S/C14H7ClFNO2S/c15-10-5-7(1-3-9(10)14(18)19)13-17-11-4-2-8(16)6-12(11)20-13/h1-6H,(H,18,19). The number of halogens is 2. The lowest BCUT2D eigenvalue weighted by atomic mass is 10.1. The Morgan fingerprint density at radius 2 is 2.05 bits per heavy atom. The van der Waals surface area contributed by atoms with Crippen LogP contribution in [0.2, 0.25) is 5.02 Å². The van der Waals surface area contributed by atoms with Gasteiger partial charge >= 0.3 is 5.97 Å². The van der Waals surface area contributed by atoms with Gasteiger partial charge in [0, 0.05) is 5.56 Å². The first-order chi connectivity index (χ1) is 9.54. The topological polar surface area (TPSA) is 50.2 Å². The van der Waals surface area contributed by atoms with Crippen molar-refractivity contribution < 1.29 is 14.3 Å². The summed E-state index contributed by atoms with van der Waals surface area (Å²) in [6.07, 6.45) is 0. The highest BCUT2D eigenvalue weighted by Crippen LogP contribution is 2.32. The molecule has 0 unspecified atom stereocenters. The lowest BCUT2D eigenvalue weighted by Crippen LogP contribution is -1.96. The van der Waals surface area contributed by atoms with Gasteiger partial charge in [-0.2, -0.15) is 0 Å². The summed E-state index contributed by atoms with van der Waals surface area (Å²) in [5, 5.41) is 9.76. The molecule has 0 saturated carbocycles. The zero-order chi connectivity index (χ0) is 14.3. The summed E-state index contributed by atoms with van der Waals surface area (Å²) in [5.74, 6) is -1.39. The molecule has 0 spiro atoms. The van der Waals surface area contributed by atoms with E-state index >= 15 is 0 Å². The minimum Gasteiger partial charge on any atom is -0.478 e. The van der Waals surface area contributed by atoms with Gasteiger partial charge in [-0.1, -0.05) is 17.7 Å². The maximum absolute atomic E-state index is 13.1. The van der Waals surface area contributed by atoms with Crippen LogP contribution in [0.1, 0.15) is 10.4 Å². The molecule has 0 amide bonds. The average Bonchev–Trinajstić information content (AvgIpc) is 2.81. The third kappa shape index (κ3) is 2.26. The number of thiazole rings is 1. The normalized spacial score (nSPS) is 10.9. The molecule has 2 aromatic carbocycles. The smallest absolute Gasteiger partial charge is 0.337 e. The number of carboxylic acid groups (broad SMARTS) is 1. The monoisotopic (exact) mass is 307 g/mol. The van der Waals surface area contributed by atoms with Crippen molar-refractivity contribution in [1.82, 2.24) is 4.98 Å². The second-order valence-corrected chi connectivity index (χ2v) is 5.57. The fraction of sp³-hybridized carbons (Fsp3) is 0. The summed E-state index contributed by atoms with van der Waals surface area (Å²) in [5.41, 5.74) is 1.45. The van der Waals surface area contributed by atoms with Crippen LogP contribution in [-0.4, -0.2) is 16.1 Å². The van der Waals surface area contributed by atoms with Gasteiger partial charge in [0.05, 0.1) is 20.8 Å². The first kappa shape index (κ1) is 13.0. The zero-order valence-corrected chi connectivity index (χ0v) is 11.5. The number of nitrogens with zero attached hydrogens (tertiary/aromatic N) is 1. The Kier molecular flexibility index (Phi) is 3.16. The van der Waals surface area contributed by atoms with Gasteiger partial charge in [0.15, 0.2) is 0 Å². The highest BCUT2D eigenvalue weighted by Gasteiger charge is 2.12. The molecule has 0 aliphatic carbocycles. The predicted octanol–water partition coefficient (Wildman–Crippen LogP) is 4.45. The number of benzene rings is 2. The molecule has 0 saturated heterocycles. The Balaban J connectivity index is 2.11. The van der Waals surface area contributed by atoms with Gasteiger partial charge in [-0.3, -0.25) is 0 Å². The molecule has 0 radical (unpaired) electrons. The number of aromatic nitrogens is 1. The highest BCUT2D eigenvalue weighted by molar-refractivity contribution is 7.21. The Hall–Kier alpha value is -1.98. The van der Waals surface area contributed by atoms with E-state index in [2.05, 4.69) is 4.98 Å². The lowest BCUT2D eigenvalue weighted by Gasteiger charge is -2.01. The zero-order valence-electron chi connectivity index (χ0n) is 9.93. The van der Waals surface area contributed by atoms with Crippen molar-refractivity contribution in [2.45, 2.75) is 0 Å². The molecule has 3 aromatic rings. The van der Waals surface area contributed by atoms with E-state index in [4.69, 9.17) is 16.7 Å². The Morgan fingerprint density at radius 3 is 2.75 bits per heavy atom. The van der Waals surface area contributed by atoms with Crippen LogP contribution in [0.3, 0.4) is 0 Å². The molecule has 0 aliphatic heterocycles. The molecule has 3 rings (SSSR count). The molecule has 100 valence electrons. The van der Waals surface area contributed by atoms with Crippen molar-refractivity contribution in [3.8, 4) is 10.6 Å². The van der Waals surface area contributed by atoms with Crippen molar-refractivity contribution >= 4 is 39.1 Å². The molecule has 3 nitrogen and oxygen atoms in total. The van der Waals surface area contributed by atoms with Crippen LogP contribution in [-0.2, 0) is 0 Å². The van der Waals surface area contributed by atoms with E-state index < -0.39 is 5.97 Å². The summed E-state index contributed by atoms with van der Waals surface area (Å²) in [6.45, 7) is 0. The van der Waals surface area contributed by atoms with Crippen molar-refractivity contribution in [3.63, 3.8) is 0 Å². The van der Waals surface area contributed by atoms with E-state index in [1.54, 1.807) is 18.2 Å². The summed E-state index contributed by atoms with van der Waals surface area (Å²) >= 11 is 7.26. The van der Waals surface area contributed by atoms with E-state index in [-0.39, 0.29) is 16.4 Å². The molecule has 0 aliphatic rings. The van der Waals surface area contributed by atoms with Gasteiger partial charge in [0.1, 0.15) is 10.8 Å². The fourth-order valence-electron chi connectivity index (χ4n) is 1.84. The minimum absolute atomic E-state index is 0.0440.